The summed E-state index contributed by atoms with van der Waals surface area (Å²) in [5.74, 6) is -0.883. The molecule has 0 aliphatic rings. The molecular formula is C9H10FNO2. The normalized spacial score (nSPS) is 9.77. The van der Waals surface area contributed by atoms with E-state index >= 15 is 0 Å². The molecule has 1 aromatic rings. The van der Waals surface area contributed by atoms with Gasteiger partial charge in [-0.05, 0) is 30.7 Å². The largest absolute Gasteiger partial charge is 0.277 e. The van der Waals surface area contributed by atoms with Gasteiger partial charge in [0.25, 0.3) is 5.91 Å². The van der Waals surface area contributed by atoms with Crippen molar-refractivity contribution < 1.29 is 14.0 Å². The van der Waals surface area contributed by atoms with Crippen LogP contribution >= 0.6 is 0 Å². The highest BCUT2D eigenvalue weighted by Gasteiger charge is 2.06. The quantitative estimate of drug-likeness (QED) is 0.704. The third-order valence-electron chi connectivity index (χ3n) is 1.50. The van der Waals surface area contributed by atoms with E-state index in [1.54, 1.807) is 13.0 Å². The Morgan fingerprint density at radius 3 is 2.69 bits per heavy atom. The van der Waals surface area contributed by atoms with Crippen LogP contribution < -0.4 is 5.48 Å². The molecule has 1 N–H and O–H groups in total. The van der Waals surface area contributed by atoms with Crippen LogP contribution in [0.5, 0.6) is 0 Å². The molecule has 0 heterocycles. The van der Waals surface area contributed by atoms with Crippen LogP contribution in [0.4, 0.5) is 4.39 Å². The smallest absolute Gasteiger partial charge is 0.274 e. The van der Waals surface area contributed by atoms with Gasteiger partial charge in [-0.1, -0.05) is 0 Å². The highest BCUT2D eigenvalue weighted by Crippen LogP contribution is 2.07. The van der Waals surface area contributed by atoms with E-state index in [1.165, 1.54) is 13.2 Å². The molecule has 0 bridgehead atoms. The molecule has 0 aliphatic carbocycles. The average molecular weight is 183 g/mol. The first-order valence-corrected chi connectivity index (χ1v) is 3.74. The molecule has 1 amide bonds. The number of hydrogen-bond acceptors (Lipinski definition) is 2. The first-order chi connectivity index (χ1) is 6.13. The standard InChI is InChI=1S/C9H10FNO2/c1-6-3-7(5-8(10)4-6)9(12)11-13-2/h3-5H,1-2H3,(H,11,12). The van der Waals surface area contributed by atoms with E-state index in [1.807, 2.05) is 0 Å². The van der Waals surface area contributed by atoms with Gasteiger partial charge >= 0.3 is 0 Å². The number of carbonyl (C=O) groups is 1. The minimum absolute atomic E-state index is 0.249. The molecule has 0 fully saturated rings. The summed E-state index contributed by atoms with van der Waals surface area (Å²) in [6.07, 6.45) is 0. The van der Waals surface area contributed by atoms with Crippen molar-refractivity contribution in [1.82, 2.24) is 5.48 Å². The summed E-state index contributed by atoms with van der Waals surface area (Å²) in [5.41, 5.74) is 3.06. The lowest BCUT2D eigenvalue weighted by Gasteiger charge is -2.02. The van der Waals surface area contributed by atoms with Crippen LogP contribution in [-0.4, -0.2) is 13.0 Å². The molecule has 0 saturated heterocycles. The van der Waals surface area contributed by atoms with Crippen LogP contribution in [0.3, 0.4) is 0 Å². The van der Waals surface area contributed by atoms with Crippen LogP contribution in [0.15, 0.2) is 18.2 Å². The van der Waals surface area contributed by atoms with E-state index in [4.69, 9.17) is 0 Å². The molecule has 13 heavy (non-hydrogen) atoms. The van der Waals surface area contributed by atoms with Gasteiger partial charge in [0.2, 0.25) is 0 Å². The third kappa shape index (κ3) is 2.52. The molecule has 1 aromatic carbocycles. The molecule has 70 valence electrons. The highest BCUT2D eigenvalue weighted by molar-refractivity contribution is 5.93. The van der Waals surface area contributed by atoms with Crippen molar-refractivity contribution in [3.8, 4) is 0 Å². The average Bonchev–Trinajstić information content (AvgIpc) is 2.03. The molecule has 0 saturated carbocycles. The number of nitrogens with one attached hydrogen (secondary N) is 1. The SMILES string of the molecule is CONC(=O)c1cc(C)cc(F)c1. The predicted molar refractivity (Wildman–Crippen MR) is 45.6 cm³/mol. The molecule has 4 heteroatoms. The number of halogens is 1. The number of carbonyl (C=O) groups excluding carboxylic acids is 1. The highest BCUT2D eigenvalue weighted by atomic mass is 19.1. The summed E-state index contributed by atoms with van der Waals surface area (Å²) in [6.45, 7) is 1.71. The number of benzene rings is 1. The zero-order valence-electron chi connectivity index (χ0n) is 7.43. The Morgan fingerprint density at radius 1 is 1.46 bits per heavy atom. The molecule has 0 atom stereocenters. The predicted octanol–water partition coefficient (Wildman–Crippen LogP) is 1.43. The summed E-state index contributed by atoms with van der Waals surface area (Å²) in [5, 5.41) is 0. The van der Waals surface area contributed by atoms with Crippen molar-refractivity contribution in [3.63, 3.8) is 0 Å². The van der Waals surface area contributed by atoms with Crippen molar-refractivity contribution in [3.05, 3.63) is 35.1 Å². The fourth-order valence-electron chi connectivity index (χ4n) is 1.02. The lowest BCUT2D eigenvalue weighted by molar-refractivity contribution is 0.0537. The van der Waals surface area contributed by atoms with Crippen molar-refractivity contribution in [2.75, 3.05) is 7.11 Å². The summed E-state index contributed by atoms with van der Waals surface area (Å²) in [7, 11) is 1.32. The first-order valence-electron chi connectivity index (χ1n) is 3.74. The Morgan fingerprint density at radius 2 is 2.15 bits per heavy atom. The number of hydroxylamine groups is 1. The summed E-state index contributed by atoms with van der Waals surface area (Å²) >= 11 is 0. The van der Waals surface area contributed by atoms with Crippen molar-refractivity contribution in [2.24, 2.45) is 0 Å². The molecule has 0 unspecified atom stereocenters. The van der Waals surface area contributed by atoms with Crippen molar-refractivity contribution in [2.45, 2.75) is 6.92 Å². The fourth-order valence-corrected chi connectivity index (χ4v) is 1.02. The molecule has 3 nitrogen and oxygen atoms in total. The van der Waals surface area contributed by atoms with E-state index < -0.39 is 11.7 Å². The Balaban J connectivity index is 2.94. The molecular weight excluding hydrogens is 173 g/mol. The molecule has 0 spiro atoms. The van der Waals surface area contributed by atoms with Crippen LogP contribution in [0.2, 0.25) is 0 Å². The van der Waals surface area contributed by atoms with Gasteiger partial charge in [-0.25, -0.2) is 9.87 Å². The molecule has 0 aromatic heterocycles. The number of aryl methyl sites for hydroxylation is 1. The summed E-state index contributed by atoms with van der Waals surface area (Å²) in [4.78, 5) is 15.6. The van der Waals surface area contributed by atoms with E-state index in [9.17, 15) is 9.18 Å². The molecule has 1 rings (SSSR count). The second-order valence-corrected chi connectivity index (χ2v) is 2.65. The fraction of sp³-hybridized carbons (Fsp3) is 0.222. The first kappa shape index (κ1) is 9.67. The second-order valence-electron chi connectivity index (χ2n) is 2.65. The monoisotopic (exact) mass is 183 g/mol. The van der Waals surface area contributed by atoms with Gasteiger partial charge in [-0.2, -0.15) is 0 Å². The van der Waals surface area contributed by atoms with E-state index in [-0.39, 0.29) is 5.56 Å². The lowest BCUT2D eigenvalue weighted by atomic mass is 10.1. The van der Waals surface area contributed by atoms with E-state index in [0.717, 1.165) is 6.07 Å². The Labute approximate surface area is 75.5 Å². The van der Waals surface area contributed by atoms with Crippen LogP contribution in [0.1, 0.15) is 15.9 Å². The zero-order chi connectivity index (χ0) is 9.84. The molecule has 0 radical (unpaired) electrons. The minimum atomic E-state index is -0.454. The van der Waals surface area contributed by atoms with Crippen molar-refractivity contribution >= 4 is 5.91 Å². The number of hydrogen-bond donors (Lipinski definition) is 1. The maximum Gasteiger partial charge on any atom is 0.274 e. The lowest BCUT2D eigenvalue weighted by Crippen LogP contribution is -2.21. The van der Waals surface area contributed by atoms with Gasteiger partial charge in [-0.3, -0.25) is 9.63 Å². The van der Waals surface area contributed by atoms with Gasteiger partial charge in [0.15, 0.2) is 0 Å². The van der Waals surface area contributed by atoms with Gasteiger partial charge in [0.1, 0.15) is 5.82 Å². The number of amides is 1. The minimum Gasteiger partial charge on any atom is -0.277 e. The topological polar surface area (TPSA) is 38.3 Å². The van der Waals surface area contributed by atoms with E-state index in [0.29, 0.717) is 5.56 Å². The van der Waals surface area contributed by atoms with Gasteiger partial charge in [-0.15, -0.1) is 0 Å². The van der Waals surface area contributed by atoms with Gasteiger partial charge in [0, 0.05) is 5.56 Å². The second kappa shape index (κ2) is 4.00. The van der Waals surface area contributed by atoms with Crippen LogP contribution in [0, 0.1) is 12.7 Å². The van der Waals surface area contributed by atoms with Gasteiger partial charge in [0.05, 0.1) is 7.11 Å². The summed E-state index contributed by atoms with van der Waals surface area (Å²) in [6, 6.07) is 4.09. The van der Waals surface area contributed by atoms with Gasteiger partial charge < -0.3 is 0 Å². The maximum absolute atomic E-state index is 12.8. The zero-order valence-corrected chi connectivity index (χ0v) is 7.43. The third-order valence-corrected chi connectivity index (χ3v) is 1.50. The Kier molecular flexibility index (Phi) is 2.97. The summed E-state index contributed by atoms with van der Waals surface area (Å²) < 4.78 is 12.8. The number of rotatable bonds is 2. The van der Waals surface area contributed by atoms with Crippen LogP contribution in [0.25, 0.3) is 0 Å². The molecule has 0 aliphatic heterocycles. The Hall–Kier alpha value is -1.42. The Bertz CT molecular complexity index is 305. The van der Waals surface area contributed by atoms with Crippen molar-refractivity contribution in [1.29, 1.82) is 0 Å². The van der Waals surface area contributed by atoms with E-state index in [2.05, 4.69) is 10.3 Å². The van der Waals surface area contributed by atoms with Crippen LogP contribution in [-0.2, 0) is 4.84 Å². The maximum atomic E-state index is 12.8.